The van der Waals surface area contributed by atoms with E-state index < -0.39 is 0 Å². The maximum absolute atomic E-state index is 5.70. The van der Waals surface area contributed by atoms with Gasteiger partial charge in [-0.2, -0.15) is 0 Å². The van der Waals surface area contributed by atoms with Gasteiger partial charge in [0.25, 0.3) is 0 Å². The average Bonchev–Trinajstić information content (AvgIpc) is 3.08. The minimum absolute atomic E-state index is 0.652. The van der Waals surface area contributed by atoms with Crippen molar-refractivity contribution in [1.29, 1.82) is 0 Å². The average molecular weight is 336 g/mol. The Hall–Kier alpha value is -2.53. The minimum Gasteiger partial charge on any atom is -0.493 e. The number of fused-ring (bicyclic) bond motifs is 1. The quantitative estimate of drug-likeness (QED) is 0.793. The predicted molar refractivity (Wildman–Crippen MR) is 102 cm³/mol. The van der Waals surface area contributed by atoms with Gasteiger partial charge in [0, 0.05) is 43.8 Å². The van der Waals surface area contributed by atoms with Crippen molar-refractivity contribution in [2.45, 2.75) is 6.92 Å². The maximum atomic E-state index is 5.70. The van der Waals surface area contributed by atoms with E-state index in [1.807, 2.05) is 13.0 Å². The van der Waals surface area contributed by atoms with E-state index in [2.05, 4.69) is 57.1 Å². The number of hydrogen-bond acceptors (Lipinski definition) is 4. The number of aromatic amines is 1. The Morgan fingerprint density at radius 3 is 2.56 bits per heavy atom. The number of likely N-dealkylation sites (N-methyl/N-ethyl adjacent to an activating group) is 1. The molecule has 0 radical (unpaired) electrons. The summed E-state index contributed by atoms with van der Waals surface area (Å²) in [7, 11) is 2.18. The number of H-pyrrole nitrogens is 1. The topological polar surface area (TPSA) is 44.4 Å². The molecular formula is C20H24N4O. The van der Waals surface area contributed by atoms with E-state index in [0.29, 0.717) is 6.61 Å². The van der Waals surface area contributed by atoms with Gasteiger partial charge in [0.2, 0.25) is 0 Å². The number of aromatic nitrogens is 2. The largest absolute Gasteiger partial charge is 0.493 e. The molecule has 1 aromatic carbocycles. The van der Waals surface area contributed by atoms with Crippen molar-refractivity contribution >= 4 is 16.7 Å². The van der Waals surface area contributed by atoms with E-state index in [0.717, 1.165) is 48.7 Å². The molecule has 3 aromatic rings. The zero-order valence-electron chi connectivity index (χ0n) is 14.8. The zero-order chi connectivity index (χ0) is 17.2. The standard InChI is InChI=1S/C20H24N4O/c1-3-25-19-8-9-21-20-17(19)14-18(22-20)15-4-6-16(7-5-15)24-12-10-23(2)11-13-24/h4-9,14H,3,10-13H2,1-2H3,(H,21,22). The molecule has 0 atom stereocenters. The van der Waals surface area contributed by atoms with Gasteiger partial charge in [-0.1, -0.05) is 12.1 Å². The van der Waals surface area contributed by atoms with Crippen molar-refractivity contribution in [3.63, 3.8) is 0 Å². The number of piperazine rings is 1. The predicted octanol–water partition coefficient (Wildman–Crippen LogP) is 3.38. The lowest BCUT2D eigenvalue weighted by Gasteiger charge is -2.34. The fourth-order valence-corrected chi connectivity index (χ4v) is 3.36. The Morgan fingerprint density at radius 2 is 1.84 bits per heavy atom. The lowest BCUT2D eigenvalue weighted by atomic mass is 10.1. The van der Waals surface area contributed by atoms with Gasteiger partial charge < -0.3 is 19.5 Å². The molecule has 0 bridgehead atoms. The van der Waals surface area contributed by atoms with Crippen LogP contribution >= 0.6 is 0 Å². The molecule has 1 saturated heterocycles. The van der Waals surface area contributed by atoms with Gasteiger partial charge >= 0.3 is 0 Å². The highest BCUT2D eigenvalue weighted by Gasteiger charge is 2.14. The molecule has 0 unspecified atom stereocenters. The number of benzene rings is 1. The van der Waals surface area contributed by atoms with Crippen LogP contribution in [0, 0.1) is 0 Å². The van der Waals surface area contributed by atoms with Crippen LogP contribution in [0.1, 0.15) is 6.92 Å². The third-order valence-corrected chi connectivity index (χ3v) is 4.84. The minimum atomic E-state index is 0.652. The van der Waals surface area contributed by atoms with Crippen molar-refractivity contribution in [2.24, 2.45) is 0 Å². The summed E-state index contributed by atoms with van der Waals surface area (Å²) in [6.07, 6.45) is 1.78. The third kappa shape index (κ3) is 3.20. The van der Waals surface area contributed by atoms with Gasteiger partial charge in [-0.25, -0.2) is 4.98 Å². The van der Waals surface area contributed by atoms with Crippen LogP contribution in [0.25, 0.3) is 22.3 Å². The van der Waals surface area contributed by atoms with Crippen molar-refractivity contribution in [2.75, 3.05) is 44.7 Å². The first-order valence-corrected chi connectivity index (χ1v) is 8.89. The van der Waals surface area contributed by atoms with Crippen LogP contribution in [-0.2, 0) is 0 Å². The van der Waals surface area contributed by atoms with E-state index in [9.17, 15) is 0 Å². The van der Waals surface area contributed by atoms with Gasteiger partial charge in [-0.3, -0.25) is 0 Å². The van der Waals surface area contributed by atoms with Crippen molar-refractivity contribution < 1.29 is 4.74 Å². The number of pyridine rings is 1. The van der Waals surface area contributed by atoms with Crippen molar-refractivity contribution in [3.05, 3.63) is 42.6 Å². The Labute approximate surface area is 148 Å². The van der Waals surface area contributed by atoms with E-state index in [-0.39, 0.29) is 0 Å². The number of ether oxygens (including phenoxy) is 1. The van der Waals surface area contributed by atoms with E-state index in [1.165, 1.54) is 11.3 Å². The van der Waals surface area contributed by atoms with Crippen molar-refractivity contribution in [3.8, 4) is 17.0 Å². The lowest BCUT2D eigenvalue weighted by molar-refractivity contribution is 0.313. The van der Waals surface area contributed by atoms with Crippen LogP contribution in [0.2, 0.25) is 0 Å². The summed E-state index contributed by atoms with van der Waals surface area (Å²) in [4.78, 5) is 12.6. The zero-order valence-corrected chi connectivity index (χ0v) is 14.8. The molecule has 130 valence electrons. The molecule has 1 aliphatic rings. The van der Waals surface area contributed by atoms with Gasteiger partial charge in [0.15, 0.2) is 0 Å². The number of rotatable bonds is 4. The Balaban J connectivity index is 1.59. The first-order valence-electron chi connectivity index (χ1n) is 8.89. The van der Waals surface area contributed by atoms with E-state index in [1.54, 1.807) is 6.20 Å². The molecule has 3 heterocycles. The van der Waals surface area contributed by atoms with Crippen LogP contribution in [0.4, 0.5) is 5.69 Å². The second kappa shape index (κ2) is 6.76. The summed E-state index contributed by atoms with van der Waals surface area (Å²) in [6, 6.07) is 12.8. The van der Waals surface area contributed by atoms with Crippen LogP contribution in [0.5, 0.6) is 5.75 Å². The number of hydrogen-bond donors (Lipinski definition) is 1. The van der Waals surface area contributed by atoms with Crippen LogP contribution < -0.4 is 9.64 Å². The molecule has 4 rings (SSSR count). The highest BCUT2D eigenvalue weighted by Crippen LogP contribution is 2.30. The second-order valence-corrected chi connectivity index (χ2v) is 6.52. The summed E-state index contributed by atoms with van der Waals surface area (Å²) in [5.41, 5.74) is 4.39. The molecule has 1 aliphatic heterocycles. The molecule has 0 saturated carbocycles. The van der Waals surface area contributed by atoms with Gasteiger partial charge in [-0.05, 0) is 43.8 Å². The number of nitrogens with one attached hydrogen (secondary N) is 1. The van der Waals surface area contributed by atoms with Crippen LogP contribution in [-0.4, -0.2) is 54.7 Å². The fraction of sp³-hybridized carbons (Fsp3) is 0.350. The van der Waals surface area contributed by atoms with Crippen LogP contribution in [0.15, 0.2) is 42.6 Å². The molecule has 0 spiro atoms. The highest BCUT2D eigenvalue weighted by atomic mass is 16.5. The molecule has 0 amide bonds. The van der Waals surface area contributed by atoms with Crippen LogP contribution in [0.3, 0.4) is 0 Å². The van der Waals surface area contributed by atoms with Gasteiger partial charge in [0.05, 0.1) is 12.0 Å². The molecule has 25 heavy (non-hydrogen) atoms. The summed E-state index contributed by atoms with van der Waals surface area (Å²) in [5.74, 6) is 0.879. The molecule has 0 aliphatic carbocycles. The first kappa shape index (κ1) is 16.0. The normalized spacial score (nSPS) is 15.7. The number of anilines is 1. The fourth-order valence-electron chi connectivity index (χ4n) is 3.36. The molecular weight excluding hydrogens is 312 g/mol. The Kier molecular flexibility index (Phi) is 4.32. The summed E-state index contributed by atoms with van der Waals surface area (Å²) in [6.45, 7) is 7.06. The third-order valence-electron chi connectivity index (χ3n) is 4.84. The van der Waals surface area contributed by atoms with E-state index in [4.69, 9.17) is 4.74 Å². The highest BCUT2D eigenvalue weighted by molar-refractivity contribution is 5.88. The second-order valence-electron chi connectivity index (χ2n) is 6.52. The van der Waals surface area contributed by atoms with Gasteiger partial charge in [-0.15, -0.1) is 0 Å². The Morgan fingerprint density at radius 1 is 1.08 bits per heavy atom. The van der Waals surface area contributed by atoms with Gasteiger partial charge in [0.1, 0.15) is 11.4 Å². The lowest BCUT2D eigenvalue weighted by Crippen LogP contribution is -2.44. The molecule has 5 heteroatoms. The molecule has 1 fully saturated rings. The Bertz CT molecular complexity index is 848. The molecule has 5 nitrogen and oxygen atoms in total. The first-order chi connectivity index (χ1) is 12.2. The maximum Gasteiger partial charge on any atom is 0.141 e. The monoisotopic (exact) mass is 336 g/mol. The summed E-state index contributed by atoms with van der Waals surface area (Å²) >= 11 is 0. The number of nitrogens with zero attached hydrogens (tertiary/aromatic N) is 3. The van der Waals surface area contributed by atoms with Crippen molar-refractivity contribution in [1.82, 2.24) is 14.9 Å². The smallest absolute Gasteiger partial charge is 0.141 e. The summed E-state index contributed by atoms with van der Waals surface area (Å²) < 4.78 is 5.70. The summed E-state index contributed by atoms with van der Waals surface area (Å²) in [5, 5.41) is 1.03. The molecule has 2 aromatic heterocycles. The molecule has 1 N–H and O–H groups in total. The SMILES string of the molecule is CCOc1ccnc2[nH]c(-c3ccc(N4CCN(C)CC4)cc3)cc12. The van der Waals surface area contributed by atoms with E-state index >= 15 is 0 Å².